The number of methoxy groups -OCH3 is 5. The van der Waals surface area contributed by atoms with Gasteiger partial charge in [0.15, 0.2) is 12.6 Å². The minimum absolute atomic E-state index is 0.232. The summed E-state index contributed by atoms with van der Waals surface area (Å²) in [7, 11) is 7.77. The molecule has 0 aromatic rings. The van der Waals surface area contributed by atoms with Crippen LogP contribution in [0.25, 0.3) is 0 Å². The van der Waals surface area contributed by atoms with Crippen LogP contribution >= 0.6 is 0 Å². The maximum Gasteiger partial charge on any atom is 0.187 e. The minimum atomic E-state index is -0.712. The maximum atomic E-state index is 9.56. The summed E-state index contributed by atoms with van der Waals surface area (Å²) in [6.45, 7) is 0.112. The fourth-order valence-corrected chi connectivity index (χ4v) is 3.23. The highest BCUT2D eigenvalue weighted by atomic mass is 16.8. The molecule has 0 saturated carbocycles. The van der Waals surface area contributed by atoms with Crippen molar-refractivity contribution in [3.63, 3.8) is 0 Å². The fraction of sp³-hybridized carbons (Fsp3) is 1.00. The summed E-state index contributed by atoms with van der Waals surface area (Å²) < 4.78 is 44.4. The zero-order valence-electron chi connectivity index (χ0n) is 14.7. The summed E-state index contributed by atoms with van der Waals surface area (Å²) >= 11 is 0. The molecule has 2 aliphatic rings. The Hall–Kier alpha value is -0.360. The van der Waals surface area contributed by atoms with E-state index in [1.165, 1.54) is 14.2 Å². The molecule has 2 aliphatic heterocycles. The zero-order valence-corrected chi connectivity index (χ0v) is 14.7. The molecule has 0 aliphatic carbocycles. The van der Waals surface area contributed by atoms with Gasteiger partial charge in [0.2, 0.25) is 0 Å². The van der Waals surface area contributed by atoms with E-state index in [0.717, 1.165) is 0 Å². The van der Waals surface area contributed by atoms with Crippen molar-refractivity contribution in [2.45, 2.75) is 49.2 Å². The van der Waals surface area contributed by atoms with Crippen molar-refractivity contribution in [1.29, 1.82) is 0 Å². The first kappa shape index (κ1) is 20.0. The molecule has 1 N–H and O–H groups in total. The predicted octanol–water partition coefficient (Wildman–Crippen LogP) is -0.848. The first-order chi connectivity index (χ1) is 11.6. The van der Waals surface area contributed by atoms with E-state index in [4.69, 9.17) is 37.9 Å². The van der Waals surface area contributed by atoms with E-state index in [0.29, 0.717) is 6.61 Å². The second-order valence-corrected chi connectivity index (χ2v) is 5.66. The average Bonchev–Trinajstić information content (AvgIpc) is 3.11. The van der Waals surface area contributed by atoms with Crippen LogP contribution in [-0.4, -0.2) is 103 Å². The van der Waals surface area contributed by atoms with Crippen LogP contribution < -0.4 is 0 Å². The molecule has 142 valence electrons. The summed E-state index contributed by atoms with van der Waals surface area (Å²) in [6, 6.07) is 0. The summed E-state index contributed by atoms with van der Waals surface area (Å²) in [4.78, 5) is 0. The monoisotopic (exact) mass is 352 g/mol. The Balaban J connectivity index is 2.12. The third kappa shape index (κ3) is 3.90. The van der Waals surface area contributed by atoms with Crippen LogP contribution in [0.15, 0.2) is 0 Å². The van der Waals surface area contributed by atoms with Gasteiger partial charge in [-0.15, -0.1) is 0 Å². The van der Waals surface area contributed by atoms with Crippen molar-refractivity contribution in [2.75, 3.05) is 48.8 Å². The molecule has 0 bridgehead atoms. The molecule has 9 heteroatoms. The van der Waals surface area contributed by atoms with Gasteiger partial charge in [-0.3, -0.25) is 0 Å². The van der Waals surface area contributed by atoms with Crippen LogP contribution in [-0.2, 0) is 37.9 Å². The Kier molecular flexibility index (Phi) is 7.79. The molecule has 0 aromatic carbocycles. The second-order valence-electron chi connectivity index (χ2n) is 5.66. The topological polar surface area (TPSA) is 94.1 Å². The standard InChI is InChI=1S/C15H28O9/c1-17-7-9-10(18-2)12(19-3)15(23-9)24-11-8(6-16)22-14(21-5)13(11)20-4/h8-16H,6-7H2,1-5H3/t8-,9-,10-,11-,12+,13-,14-,15-/m1/s1. The Bertz CT molecular complexity index is 369. The van der Waals surface area contributed by atoms with E-state index >= 15 is 0 Å². The molecule has 0 aromatic heterocycles. The number of rotatable bonds is 9. The molecular weight excluding hydrogens is 324 g/mol. The largest absolute Gasteiger partial charge is 0.394 e. The lowest BCUT2D eigenvalue weighted by molar-refractivity contribution is -0.221. The van der Waals surface area contributed by atoms with Gasteiger partial charge in [-0.2, -0.15) is 0 Å². The van der Waals surface area contributed by atoms with Gasteiger partial charge in [-0.25, -0.2) is 0 Å². The minimum Gasteiger partial charge on any atom is -0.394 e. The van der Waals surface area contributed by atoms with Crippen molar-refractivity contribution in [3.05, 3.63) is 0 Å². The lowest BCUT2D eigenvalue weighted by Crippen LogP contribution is -2.45. The lowest BCUT2D eigenvalue weighted by atomic mass is 10.1. The van der Waals surface area contributed by atoms with Crippen molar-refractivity contribution in [1.82, 2.24) is 0 Å². The van der Waals surface area contributed by atoms with Crippen LogP contribution in [0.3, 0.4) is 0 Å². The van der Waals surface area contributed by atoms with Crippen molar-refractivity contribution >= 4 is 0 Å². The second kappa shape index (κ2) is 9.37. The first-order valence-electron chi connectivity index (χ1n) is 7.82. The van der Waals surface area contributed by atoms with E-state index in [-0.39, 0.29) is 18.8 Å². The molecule has 0 amide bonds. The van der Waals surface area contributed by atoms with Crippen LogP contribution in [0.4, 0.5) is 0 Å². The van der Waals surface area contributed by atoms with E-state index in [1.54, 1.807) is 21.3 Å². The van der Waals surface area contributed by atoms with Gasteiger partial charge >= 0.3 is 0 Å². The number of aliphatic hydroxyl groups excluding tert-OH is 1. The molecule has 0 spiro atoms. The van der Waals surface area contributed by atoms with E-state index in [2.05, 4.69) is 0 Å². The molecule has 24 heavy (non-hydrogen) atoms. The van der Waals surface area contributed by atoms with Gasteiger partial charge in [0.05, 0.1) is 13.2 Å². The number of aliphatic hydroxyl groups is 1. The summed E-state index contributed by atoms with van der Waals surface area (Å²) in [5, 5.41) is 9.56. The van der Waals surface area contributed by atoms with Gasteiger partial charge in [-0.05, 0) is 0 Å². The van der Waals surface area contributed by atoms with Crippen LogP contribution in [0, 0.1) is 0 Å². The smallest absolute Gasteiger partial charge is 0.187 e. The lowest BCUT2D eigenvalue weighted by Gasteiger charge is -2.28. The van der Waals surface area contributed by atoms with E-state index in [9.17, 15) is 5.11 Å². The summed E-state index contributed by atoms with van der Waals surface area (Å²) in [5.41, 5.74) is 0. The molecular formula is C15H28O9. The van der Waals surface area contributed by atoms with Crippen LogP contribution in [0.1, 0.15) is 0 Å². The molecule has 2 fully saturated rings. The quantitative estimate of drug-likeness (QED) is 0.569. The first-order valence-corrected chi connectivity index (χ1v) is 7.82. The molecule has 2 heterocycles. The molecule has 2 saturated heterocycles. The van der Waals surface area contributed by atoms with Gasteiger partial charge in [0, 0.05) is 35.5 Å². The van der Waals surface area contributed by atoms with E-state index < -0.39 is 37.0 Å². The van der Waals surface area contributed by atoms with Gasteiger partial charge in [-0.1, -0.05) is 0 Å². The summed E-state index contributed by atoms with van der Waals surface area (Å²) in [5.74, 6) is 0. The van der Waals surface area contributed by atoms with Crippen molar-refractivity contribution in [3.8, 4) is 0 Å². The summed E-state index contributed by atoms with van der Waals surface area (Å²) in [6.07, 6.45) is -4.14. The van der Waals surface area contributed by atoms with Crippen LogP contribution in [0.2, 0.25) is 0 Å². The molecule has 2 rings (SSSR count). The van der Waals surface area contributed by atoms with Gasteiger partial charge in [0.25, 0.3) is 0 Å². The zero-order chi connectivity index (χ0) is 17.7. The highest BCUT2D eigenvalue weighted by Crippen LogP contribution is 2.33. The number of hydrogen-bond acceptors (Lipinski definition) is 9. The molecule has 8 atom stereocenters. The predicted molar refractivity (Wildman–Crippen MR) is 80.6 cm³/mol. The Morgan fingerprint density at radius 1 is 0.708 bits per heavy atom. The third-order valence-electron chi connectivity index (χ3n) is 4.39. The Morgan fingerprint density at radius 3 is 1.79 bits per heavy atom. The Labute approximate surface area is 142 Å². The maximum absolute atomic E-state index is 9.56. The highest BCUT2D eigenvalue weighted by Gasteiger charge is 2.52. The average molecular weight is 352 g/mol. The molecule has 0 radical (unpaired) electrons. The SMILES string of the molecule is COC[C@H]1O[C@H](O[C@H]2[C@@H](OC)[C@H](OC)O[C@@H]2CO)[C@@H](OC)[C@@H]1OC. The third-order valence-corrected chi connectivity index (χ3v) is 4.39. The Morgan fingerprint density at radius 2 is 1.29 bits per heavy atom. The van der Waals surface area contributed by atoms with E-state index in [1.807, 2.05) is 0 Å². The highest BCUT2D eigenvalue weighted by molar-refractivity contribution is 4.94. The molecule has 0 unspecified atom stereocenters. The van der Waals surface area contributed by atoms with Crippen molar-refractivity contribution in [2.24, 2.45) is 0 Å². The van der Waals surface area contributed by atoms with Gasteiger partial charge < -0.3 is 43.0 Å². The van der Waals surface area contributed by atoms with Crippen LogP contribution in [0.5, 0.6) is 0 Å². The fourth-order valence-electron chi connectivity index (χ4n) is 3.23. The van der Waals surface area contributed by atoms with Gasteiger partial charge in [0.1, 0.15) is 36.6 Å². The number of hydrogen-bond donors (Lipinski definition) is 1. The normalized spacial score (nSPS) is 42.8. The molecule has 9 nitrogen and oxygen atoms in total. The number of ether oxygens (including phenoxy) is 8. The van der Waals surface area contributed by atoms with Crippen molar-refractivity contribution < 1.29 is 43.0 Å².